The molecule has 0 aliphatic rings. The molecular weight excluding hydrogens is 270 g/mol. The van der Waals surface area contributed by atoms with Gasteiger partial charge in [-0.25, -0.2) is 4.79 Å². The van der Waals surface area contributed by atoms with Crippen molar-refractivity contribution in [3.8, 4) is 0 Å². The molecule has 2 amide bonds. The molecule has 0 aromatic heterocycles. The minimum Gasteiger partial charge on any atom is -0.481 e. The van der Waals surface area contributed by atoms with E-state index in [-0.39, 0.29) is 12.6 Å². The Labute approximate surface area is 124 Å². The average molecular weight is 293 g/mol. The van der Waals surface area contributed by atoms with Gasteiger partial charge < -0.3 is 21.1 Å². The monoisotopic (exact) mass is 293 g/mol. The molecule has 1 aromatic carbocycles. The summed E-state index contributed by atoms with van der Waals surface area (Å²) in [7, 11) is 0. The standard InChI is InChI=1S/C15H23N3O3/c1-2-16-9-6-10-17-15(21)18-11-13(14(19)20)12-7-4-3-5-8-12/h3-5,7-8,13,16H,2,6,9-11H2,1H3,(H,19,20)(H2,17,18,21). The summed E-state index contributed by atoms with van der Waals surface area (Å²) in [6.45, 7) is 4.40. The van der Waals surface area contributed by atoms with Gasteiger partial charge in [-0.05, 0) is 25.1 Å². The smallest absolute Gasteiger partial charge is 0.314 e. The average Bonchev–Trinajstić information content (AvgIpc) is 2.48. The lowest BCUT2D eigenvalue weighted by Gasteiger charge is -2.14. The number of hydrogen-bond acceptors (Lipinski definition) is 3. The van der Waals surface area contributed by atoms with Crippen molar-refractivity contribution in [2.24, 2.45) is 0 Å². The molecule has 6 nitrogen and oxygen atoms in total. The molecule has 0 saturated carbocycles. The predicted molar refractivity (Wildman–Crippen MR) is 81.4 cm³/mol. The quantitative estimate of drug-likeness (QED) is 0.514. The molecule has 1 unspecified atom stereocenters. The number of carbonyl (C=O) groups excluding carboxylic acids is 1. The summed E-state index contributed by atoms with van der Waals surface area (Å²) in [6.07, 6.45) is 0.836. The zero-order valence-corrected chi connectivity index (χ0v) is 12.3. The summed E-state index contributed by atoms with van der Waals surface area (Å²) in [5.74, 6) is -1.69. The van der Waals surface area contributed by atoms with Gasteiger partial charge in [-0.2, -0.15) is 0 Å². The van der Waals surface area contributed by atoms with Crippen molar-refractivity contribution in [3.05, 3.63) is 35.9 Å². The second-order valence-corrected chi connectivity index (χ2v) is 4.65. The number of carbonyl (C=O) groups is 2. The zero-order chi connectivity index (χ0) is 15.5. The van der Waals surface area contributed by atoms with Crippen LogP contribution in [0.1, 0.15) is 24.8 Å². The van der Waals surface area contributed by atoms with Crippen molar-refractivity contribution in [3.63, 3.8) is 0 Å². The van der Waals surface area contributed by atoms with Crippen LogP contribution < -0.4 is 16.0 Å². The number of nitrogens with one attached hydrogen (secondary N) is 3. The van der Waals surface area contributed by atoms with Crippen LogP contribution in [0.5, 0.6) is 0 Å². The Morgan fingerprint density at radius 1 is 1.14 bits per heavy atom. The van der Waals surface area contributed by atoms with E-state index in [9.17, 15) is 14.7 Å². The number of amides is 2. The Bertz CT molecular complexity index is 437. The fourth-order valence-corrected chi connectivity index (χ4v) is 1.88. The summed E-state index contributed by atoms with van der Waals surface area (Å²) in [5.41, 5.74) is 0.678. The normalized spacial score (nSPS) is 11.7. The van der Waals surface area contributed by atoms with Gasteiger partial charge in [0.2, 0.25) is 0 Å². The van der Waals surface area contributed by atoms with Crippen LogP contribution in [-0.2, 0) is 4.79 Å². The van der Waals surface area contributed by atoms with Crippen molar-refractivity contribution in [1.82, 2.24) is 16.0 Å². The number of rotatable bonds is 9. The Balaban J connectivity index is 2.34. The molecule has 0 bridgehead atoms. The molecule has 0 aliphatic carbocycles. The Kier molecular flexibility index (Phi) is 7.89. The van der Waals surface area contributed by atoms with E-state index in [1.165, 1.54) is 0 Å². The number of hydrogen-bond donors (Lipinski definition) is 4. The van der Waals surface area contributed by atoms with Gasteiger partial charge in [0.05, 0.1) is 5.92 Å². The van der Waals surface area contributed by atoms with Crippen LogP contribution in [0.3, 0.4) is 0 Å². The molecule has 6 heteroatoms. The summed E-state index contributed by atoms with van der Waals surface area (Å²) in [4.78, 5) is 22.9. The van der Waals surface area contributed by atoms with Gasteiger partial charge in [-0.3, -0.25) is 4.79 Å². The summed E-state index contributed by atoms with van der Waals surface area (Å²) < 4.78 is 0. The Morgan fingerprint density at radius 2 is 1.86 bits per heavy atom. The highest BCUT2D eigenvalue weighted by Gasteiger charge is 2.20. The molecule has 1 atom stereocenters. The molecule has 1 rings (SSSR count). The highest BCUT2D eigenvalue weighted by atomic mass is 16.4. The van der Waals surface area contributed by atoms with E-state index in [4.69, 9.17) is 0 Å². The van der Waals surface area contributed by atoms with Gasteiger partial charge in [0.25, 0.3) is 0 Å². The Hall–Kier alpha value is -2.08. The van der Waals surface area contributed by atoms with Gasteiger partial charge in [-0.1, -0.05) is 37.3 Å². The van der Waals surface area contributed by atoms with Crippen molar-refractivity contribution in [1.29, 1.82) is 0 Å². The number of aliphatic carboxylic acids is 1. The first-order valence-corrected chi connectivity index (χ1v) is 7.15. The van der Waals surface area contributed by atoms with Crippen LogP contribution in [0.25, 0.3) is 0 Å². The second kappa shape index (κ2) is 9.77. The maximum atomic E-state index is 11.6. The molecule has 21 heavy (non-hydrogen) atoms. The molecule has 0 radical (unpaired) electrons. The second-order valence-electron chi connectivity index (χ2n) is 4.65. The lowest BCUT2D eigenvalue weighted by atomic mass is 9.99. The molecule has 0 heterocycles. The van der Waals surface area contributed by atoms with Gasteiger partial charge >= 0.3 is 12.0 Å². The first-order chi connectivity index (χ1) is 10.1. The van der Waals surface area contributed by atoms with E-state index in [0.717, 1.165) is 19.5 Å². The van der Waals surface area contributed by atoms with Crippen LogP contribution in [0, 0.1) is 0 Å². The van der Waals surface area contributed by atoms with Gasteiger partial charge in [0, 0.05) is 13.1 Å². The maximum Gasteiger partial charge on any atom is 0.314 e. The van der Waals surface area contributed by atoms with Gasteiger partial charge in [-0.15, -0.1) is 0 Å². The van der Waals surface area contributed by atoms with Gasteiger partial charge in [0.15, 0.2) is 0 Å². The van der Waals surface area contributed by atoms with E-state index in [1.54, 1.807) is 24.3 Å². The third kappa shape index (κ3) is 6.76. The van der Waals surface area contributed by atoms with Crippen molar-refractivity contribution in [2.45, 2.75) is 19.3 Å². The number of benzene rings is 1. The molecule has 1 aromatic rings. The highest BCUT2D eigenvalue weighted by molar-refractivity contribution is 5.79. The van der Waals surface area contributed by atoms with Crippen molar-refractivity contribution in [2.75, 3.05) is 26.2 Å². The minimum atomic E-state index is -0.950. The summed E-state index contributed by atoms with van der Waals surface area (Å²) >= 11 is 0. The molecule has 0 spiro atoms. The first kappa shape index (κ1) is 17.0. The highest BCUT2D eigenvalue weighted by Crippen LogP contribution is 2.14. The van der Waals surface area contributed by atoms with Gasteiger partial charge in [0.1, 0.15) is 0 Å². The lowest BCUT2D eigenvalue weighted by molar-refractivity contribution is -0.138. The summed E-state index contributed by atoms with van der Waals surface area (Å²) in [6, 6.07) is 8.54. The van der Waals surface area contributed by atoms with E-state index in [1.807, 2.05) is 13.0 Å². The maximum absolute atomic E-state index is 11.6. The minimum absolute atomic E-state index is 0.0678. The molecule has 0 fully saturated rings. The van der Waals surface area contributed by atoms with E-state index >= 15 is 0 Å². The van der Waals surface area contributed by atoms with Crippen molar-refractivity contribution < 1.29 is 14.7 Å². The number of carboxylic acids is 1. The van der Waals surface area contributed by atoms with Crippen LogP contribution >= 0.6 is 0 Å². The molecule has 116 valence electrons. The Morgan fingerprint density at radius 3 is 2.48 bits per heavy atom. The summed E-state index contributed by atoms with van der Waals surface area (Å²) in [5, 5.41) is 17.7. The zero-order valence-electron chi connectivity index (χ0n) is 12.3. The van der Waals surface area contributed by atoms with Crippen LogP contribution in [0.2, 0.25) is 0 Å². The molecule has 0 saturated heterocycles. The molecule has 0 aliphatic heterocycles. The van der Waals surface area contributed by atoms with Crippen LogP contribution in [0.4, 0.5) is 4.79 Å². The van der Waals surface area contributed by atoms with Crippen LogP contribution in [-0.4, -0.2) is 43.3 Å². The van der Waals surface area contributed by atoms with E-state index in [2.05, 4.69) is 16.0 Å². The topological polar surface area (TPSA) is 90.5 Å². The first-order valence-electron chi connectivity index (χ1n) is 7.15. The largest absolute Gasteiger partial charge is 0.481 e. The molecular formula is C15H23N3O3. The fraction of sp³-hybridized carbons (Fsp3) is 0.467. The van der Waals surface area contributed by atoms with E-state index in [0.29, 0.717) is 12.1 Å². The third-order valence-corrected chi connectivity index (χ3v) is 3.03. The SMILES string of the molecule is CCNCCCNC(=O)NCC(C(=O)O)c1ccccc1. The fourth-order valence-electron chi connectivity index (χ4n) is 1.88. The molecule has 4 N–H and O–H groups in total. The number of urea groups is 1. The predicted octanol–water partition coefficient (Wildman–Crippen LogP) is 1.15. The van der Waals surface area contributed by atoms with Crippen LogP contribution in [0.15, 0.2) is 30.3 Å². The third-order valence-electron chi connectivity index (χ3n) is 3.03. The number of carboxylic acid groups (broad SMARTS) is 1. The van der Waals surface area contributed by atoms with E-state index < -0.39 is 11.9 Å². The van der Waals surface area contributed by atoms with Crippen molar-refractivity contribution >= 4 is 12.0 Å². The lowest BCUT2D eigenvalue weighted by Crippen LogP contribution is -2.40.